The first-order chi connectivity index (χ1) is 8.22. The van der Waals surface area contributed by atoms with Crippen LogP contribution < -0.4 is 5.73 Å². The van der Waals surface area contributed by atoms with Gasteiger partial charge in [-0.3, -0.25) is 4.90 Å². The zero-order valence-corrected chi connectivity index (χ0v) is 11.4. The van der Waals surface area contributed by atoms with Crippen molar-refractivity contribution in [3.05, 3.63) is 35.9 Å². The Labute approximate surface area is 106 Å². The summed E-state index contributed by atoms with van der Waals surface area (Å²) in [5.41, 5.74) is 7.32. The molecular weight excluding hydrogens is 208 g/mol. The quantitative estimate of drug-likeness (QED) is 0.786. The molecule has 1 aromatic carbocycles. The van der Waals surface area contributed by atoms with E-state index in [0.717, 1.165) is 26.1 Å². The van der Waals surface area contributed by atoms with Crippen LogP contribution >= 0.6 is 0 Å². The lowest BCUT2D eigenvalue weighted by Crippen LogP contribution is -2.41. The molecule has 0 saturated carbocycles. The summed E-state index contributed by atoms with van der Waals surface area (Å²) in [6.07, 6.45) is 1.14. The molecule has 0 aliphatic rings. The Morgan fingerprint density at radius 2 is 1.71 bits per heavy atom. The number of benzene rings is 1. The standard InChI is InChI=1S/C15H26N2/c1-4-17(5-2)15(12-16)11-13(3)14-9-7-6-8-10-14/h6-10,13,15H,4-5,11-12,16H2,1-3H3. The summed E-state index contributed by atoms with van der Waals surface area (Å²) < 4.78 is 0. The van der Waals surface area contributed by atoms with Crippen molar-refractivity contribution >= 4 is 0 Å². The monoisotopic (exact) mass is 234 g/mol. The van der Waals surface area contributed by atoms with Gasteiger partial charge in [-0.25, -0.2) is 0 Å². The van der Waals surface area contributed by atoms with E-state index in [2.05, 4.69) is 56.0 Å². The molecule has 0 aliphatic heterocycles. The molecule has 0 amide bonds. The molecule has 0 heterocycles. The zero-order valence-electron chi connectivity index (χ0n) is 11.4. The lowest BCUT2D eigenvalue weighted by Gasteiger charge is -2.30. The van der Waals surface area contributed by atoms with Gasteiger partial charge >= 0.3 is 0 Å². The van der Waals surface area contributed by atoms with Gasteiger partial charge in [0.15, 0.2) is 0 Å². The van der Waals surface area contributed by atoms with Gasteiger partial charge in [-0.05, 0) is 31.0 Å². The van der Waals surface area contributed by atoms with Gasteiger partial charge in [0.1, 0.15) is 0 Å². The van der Waals surface area contributed by atoms with E-state index in [-0.39, 0.29) is 0 Å². The summed E-state index contributed by atoms with van der Waals surface area (Å²) in [5.74, 6) is 0.574. The van der Waals surface area contributed by atoms with Crippen LogP contribution in [0.1, 0.15) is 38.7 Å². The van der Waals surface area contributed by atoms with Crippen LogP contribution in [-0.2, 0) is 0 Å². The molecule has 0 spiro atoms. The first-order valence-corrected chi connectivity index (χ1v) is 6.71. The van der Waals surface area contributed by atoms with Crippen molar-refractivity contribution in [2.45, 2.75) is 39.2 Å². The van der Waals surface area contributed by atoms with Crippen LogP contribution in [0, 0.1) is 0 Å². The Hall–Kier alpha value is -0.860. The minimum absolute atomic E-state index is 0.500. The summed E-state index contributed by atoms with van der Waals surface area (Å²) in [6, 6.07) is 11.2. The van der Waals surface area contributed by atoms with Crippen LogP contribution in [0.5, 0.6) is 0 Å². The molecule has 0 aliphatic carbocycles. The van der Waals surface area contributed by atoms with E-state index in [0.29, 0.717) is 12.0 Å². The summed E-state index contributed by atoms with van der Waals surface area (Å²) in [5, 5.41) is 0. The molecule has 2 unspecified atom stereocenters. The Bertz CT molecular complexity index is 293. The molecule has 96 valence electrons. The largest absolute Gasteiger partial charge is 0.329 e. The second kappa shape index (κ2) is 7.46. The number of nitrogens with two attached hydrogens (primary N) is 1. The Morgan fingerprint density at radius 3 is 2.18 bits per heavy atom. The summed E-state index contributed by atoms with van der Waals surface area (Å²) >= 11 is 0. The van der Waals surface area contributed by atoms with Gasteiger partial charge in [-0.1, -0.05) is 51.1 Å². The third-order valence-corrected chi connectivity index (χ3v) is 3.60. The topological polar surface area (TPSA) is 29.3 Å². The van der Waals surface area contributed by atoms with Gasteiger partial charge in [-0.15, -0.1) is 0 Å². The molecule has 2 nitrogen and oxygen atoms in total. The smallest absolute Gasteiger partial charge is 0.0223 e. The molecular formula is C15H26N2. The Balaban J connectivity index is 2.62. The van der Waals surface area contributed by atoms with E-state index >= 15 is 0 Å². The SMILES string of the molecule is CCN(CC)C(CN)CC(C)c1ccccc1. The van der Waals surface area contributed by atoms with E-state index in [4.69, 9.17) is 5.73 Å². The van der Waals surface area contributed by atoms with E-state index < -0.39 is 0 Å². The molecule has 2 atom stereocenters. The molecule has 17 heavy (non-hydrogen) atoms. The average Bonchev–Trinajstić information content (AvgIpc) is 2.39. The van der Waals surface area contributed by atoms with Crippen molar-refractivity contribution in [3.63, 3.8) is 0 Å². The lowest BCUT2D eigenvalue weighted by atomic mass is 9.93. The third kappa shape index (κ3) is 4.14. The van der Waals surface area contributed by atoms with E-state index in [1.165, 1.54) is 5.56 Å². The average molecular weight is 234 g/mol. The highest BCUT2D eigenvalue weighted by Gasteiger charge is 2.17. The maximum atomic E-state index is 5.91. The minimum Gasteiger partial charge on any atom is -0.329 e. The fourth-order valence-corrected chi connectivity index (χ4v) is 2.46. The summed E-state index contributed by atoms with van der Waals surface area (Å²) in [6.45, 7) is 9.62. The van der Waals surface area contributed by atoms with Gasteiger partial charge in [0.25, 0.3) is 0 Å². The van der Waals surface area contributed by atoms with E-state index in [1.807, 2.05) is 0 Å². The molecule has 0 radical (unpaired) electrons. The number of likely N-dealkylation sites (N-methyl/N-ethyl adjacent to an activating group) is 1. The van der Waals surface area contributed by atoms with Crippen LogP contribution in [0.25, 0.3) is 0 Å². The van der Waals surface area contributed by atoms with Gasteiger partial charge in [0, 0.05) is 12.6 Å². The fraction of sp³-hybridized carbons (Fsp3) is 0.600. The number of rotatable bonds is 7. The highest BCUT2D eigenvalue weighted by Crippen LogP contribution is 2.22. The van der Waals surface area contributed by atoms with Crippen molar-refractivity contribution in [3.8, 4) is 0 Å². The second-order valence-corrected chi connectivity index (χ2v) is 4.66. The van der Waals surface area contributed by atoms with Gasteiger partial charge in [-0.2, -0.15) is 0 Å². The predicted molar refractivity (Wildman–Crippen MR) is 75.2 cm³/mol. The highest BCUT2D eigenvalue weighted by molar-refractivity contribution is 5.18. The maximum Gasteiger partial charge on any atom is 0.0223 e. The number of hydrogen-bond donors (Lipinski definition) is 1. The third-order valence-electron chi connectivity index (χ3n) is 3.60. The molecule has 1 aromatic rings. The molecule has 1 rings (SSSR count). The fourth-order valence-electron chi connectivity index (χ4n) is 2.46. The van der Waals surface area contributed by atoms with Crippen LogP contribution in [0.3, 0.4) is 0 Å². The van der Waals surface area contributed by atoms with Crippen molar-refractivity contribution in [2.24, 2.45) is 5.73 Å². The second-order valence-electron chi connectivity index (χ2n) is 4.66. The van der Waals surface area contributed by atoms with Gasteiger partial charge < -0.3 is 5.73 Å². The maximum absolute atomic E-state index is 5.91. The van der Waals surface area contributed by atoms with Crippen molar-refractivity contribution in [1.82, 2.24) is 4.90 Å². The van der Waals surface area contributed by atoms with Crippen LogP contribution in [0.4, 0.5) is 0 Å². The highest BCUT2D eigenvalue weighted by atomic mass is 15.1. The first-order valence-electron chi connectivity index (χ1n) is 6.71. The van der Waals surface area contributed by atoms with Crippen molar-refractivity contribution in [2.75, 3.05) is 19.6 Å². The van der Waals surface area contributed by atoms with Crippen LogP contribution in [-0.4, -0.2) is 30.6 Å². The molecule has 0 fully saturated rings. The lowest BCUT2D eigenvalue weighted by molar-refractivity contribution is 0.204. The Morgan fingerprint density at radius 1 is 1.12 bits per heavy atom. The molecule has 2 heteroatoms. The van der Waals surface area contributed by atoms with Crippen molar-refractivity contribution in [1.29, 1.82) is 0 Å². The van der Waals surface area contributed by atoms with Gasteiger partial charge in [0.2, 0.25) is 0 Å². The predicted octanol–water partition coefficient (Wildman–Crippen LogP) is 2.85. The normalized spacial score (nSPS) is 14.9. The molecule has 0 bridgehead atoms. The number of nitrogens with zero attached hydrogens (tertiary/aromatic N) is 1. The number of hydrogen-bond acceptors (Lipinski definition) is 2. The van der Waals surface area contributed by atoms with Crippen molar-refractivity contribution < 1.29 is 0 Å². The first kappa shape index (κ1) is 14.2. The molecule has 2 N–H and O–H groups in total. The zero-order chi connectivity index (χ0) is 12.7. The molecule has 0 aromatic heterocycles. The Kier molecular flexibility index (Phi) is 6.23. The molecule has 0 saturated heterocycles. The van der Waals surface area contributed by atoms with Crippen LogP contribution in [0.2, 0.25) is 0 Å². The summed E-state index contributed by atoms with van der Waals surface area (Å²) in [7, 11) is 0. The van der Waals surface area contributed by atoms with E-state index in [9.17, 15) is 0 Å². The van der Waals surface area contributed by atoms with Gasteiger partial charge in [0.05, 0.1) is 0 Å². The summed E-state index contributed by atoms with van der Waals surface area (Å²) in [4.78, 5) is 2.46. The minimum atomic E-state index is 0.500. The van der Waals surface area contributed by atoms with E-state index in [1.54, 1.807) is 0 Å². The van der Waals surface area contributed by atoms with Crippen LogP contribution in [0.15, 0.2) is 30.3 Å².